The second kappa shape index (κ2) is 5.92. The van der Waals surface area contributed by atoms with Crippen LogP contribution in [0.5, 0.6) is 0 Å². The summed E-state index contributed by atoms with van der Waals surface area (Å²) in [5.74, 6) is -0.373. The summed E-state index contributed by atoms with van der Waals surface area (Å²) in [6.07, 6.45) is 0. The fourth-order valence-electron chi connectivity index (χ4n) is 1.45. The summed E-state index contributed by atoms with van der Waals surface area (Å²) in [6.45, 7) is 1.31. The molecule has 19 heavy (non-hydrogen) atoms. The van der Waals surface area contributed by atoms with E-state index in [-0.39, 0.29) is 18.2 Å². The topological polar surface area (TPSA) is 83.7 Å². The summed E-state index contributed by atoms with van der Waals surface area (Å²) in [6, 6.07) is 6.47. The molecule has 1 rings (SSSR count). The summed E-state index contributed by atoms with van der Waals surface area (Å²) < 4.78 is 25.3. The maximum atomic E-state index is 12.1. The van der Waals surface area contributed by atoms with Crippen molar-refractivity contribution in [2.45, 2.75) is 6.92 Å². The van der Waals surface area contributed by atoms with Crippen LogP contribution in [-0.2, 0) is 14.8 Å². The highest BCUT2D eigenvalue weighted by Gasteiger charge is 2.24. The van der Waals surface area contributed by atoms with E-state index in [1.54, 1.807) is 32.3 Å². The van der Waals surface area contributed by atoms with Crippen molar-refractivity contribution in [2.75, 3.05) is 36.4 Å². The van der Waals surface area contributed by atoms with Gasteiger partial charge in [-0.2, -0.15) is 0 Å². The third kappa shape index (κ3) is 3.85. The van der Waals surface area contributed by atoms with E-state index in [4.69, 9.17) is 5.73 Å². The van der Waals surface area contributed by atoms with Gasteiger partial charge in [0.1, 0.15) is 6.54 Å². The smallest absolute Gasteiger partial charge is 0.242 e. The fourth-order valence-corrected chi connectivity index (χ4v) is 2.50. The molecule has 6 nitrogen and oxygen atoms in total. The Morgan fingerprint density at radius 1 is 1.32 bits per heavy atom. The number of nitrogens with zero attached hydrogens (tertiary/aromatic N) is 2. The molecule has 7 heteroatoms. The lowest BCUT2D eigenvalue weighted by Crippen LogP contribution is -2.41. The van der Waals surface area contributed by atoms with Crippen LogP contribution in [0.1, 0.15) is 6.92 Å². The van der Waals surface area contributed by atoms with Gasteiger partial charge in [-0.05, 0) is 25.1 Å². The molecular weight excluding hydrogens is 266 g/mol. The van der Waals surface area contributed by atoms with Gasteiger partial charge in [0.15, 0.2) is 0 Å². The highest BCUT2D eigenvalue weighted by Crippen LogP contribution is 2.21. The van der Waals surface area contributed by atoms with Gasteiger partial charge in [0.2, 0.25) is 15.9 Å². The van der Waals surface area contributed by atoms with E-state index in [1.165, 1.54) is 17.9 Å². The molecule has 1 aromatic rings. The molecule has 0 aliphatic heterocycles. The number of hydrogen-bond donors (Lipinski definition) is 1. The van der Waals surface area contributed by atoms with Gasteiger partial charge in [-0.15, -0.1) is 0 Å². The van der Waals surface area contributed by atoms with Crippen LogP contribution in [0, 0.1) is 0 Å². The van der Waals surface area contributed by atoms with Crippen molar-refractivity contribution in [2.24, 2.45) is 0 Å². The van der Waals surface area contributed by atoms with Crippen LogP contribution < -0.4 is 10.0 Å². The number of anilines is 2. The zero-order chi connectivity index (χ0) is 14.6. The summed E-state index contributed by atoms with van der Waals surface area (Å²) in [7, 11) is -0.365. The summed E-state index contributed by atoms with van der Waals surface area (Å²) in [5.41, 5.74) is 6.51. The van der Waals surface area contributed by atoms with Crippen LogP contribution in [-0.4, -0.2) is 45.6 Å². The number of rotatable bonds is 5. The van der Waals surface area contributed by atoms with Crippen molar-refractivity contribution < 1.29 is 13.2 Å². The number of amides is 1. The molecule has 0 fully saturated rings. The maximum absolute atomic E-state index is 12.1. The highest BCUT2D eigenvalue weighted by atomic mass is 32.2. The zero-order valence-electron chi connectivity index (χ0n) is 11.3. The van der Waals surface area contributed by atoms with Crippen molar-refractivity contribution in [3.05, 3.63) is 24.3 Å². The Morgan fingerprint density at radius 3 is 2.42 bits per heavy atom. The van der Waals surface area contributed by atoms with Crippen molar-refractivity contribution >= 4 is 27.3 Å². The molecule has 0 atom stereocenters. The molecule has 0 aromatic heterocycles. The second-order valence-electron chi connectivity index (χ2n) is 4.29. The molecule has 0 bridgehead atoms. The van der Waals surface area contributed by atoms with E-state index in [1.807, 2.05) is 0 Å². The van der Waals surface area contributed by atoms with Gasteiger partial charge in [-0.1, -0.05) is 6.07 Å². The Morgan fingerprint density at radius 2 is 1.95 bits per heavy atom. The number of carbonyl (C=O) groups excluding carboxylic acids is 1. The van der Waals surface area contributed by atoms with Gasteiger partial charge in [0, 0.05) is 19.8 Å². The minimum absolute atomic E-state index is 0.0808. The summed E-state index contributed by atoms with van der Waals surface area (Å²) in [4.78, 5) is 13.1. The lowest BCUT2D eigenvalue weighted by molar-refractivity contribution is -0.127. The minimum atomic E-state index is -3.53. The molecule has 0 radical (unpaired) electrons. The van der Waals surface area contributed by atoms with Crippen LogP contribution in [0.4, 0.5) is 11.4 Å². The van der Waals surface area contributed by atoms with Crippen molar-refractivity contribution in [3.8, 4) is 0 Å². The van der Waals surface area contributed by atoms with E-state index in [0.29, 0.717) is 11.4 Å². The molecule has 0 heterocycles. The van der Waals surface area contributed by atoms with Gasteiger partial charge in [0.05, 0.1) is 11.4 Å². The lowest BCUT2D eigenvalue weighted by atomic mass is 10.3. The first-order valence-electron chi connectivity index (χ1n) is 5.84. The Balaban J connectivity index is 3.17. The van der Waals surface area contributed by atoms with Crippen LogP contribution in [0.15, 0.2) is 24.3 Å². The van der Waals surface area contributed by atoms with Crippen molar-refractivity contribution in [1.29, 1.82) is 0 Å². The van der Waals surface area contributed by atoms with Gasteiger partial charge >= 0.3 is 0 Å². The normalized spacial score (nSPS) is 11.1. The monoisotopic (exact) mass is 285 g/mol. The molecule has 2 N–H and O–H groups in total. The zero-order valence-corrected chi connectivity index (χ0v) is 12.1. The quantitative estimate of drug-likeness (QED) is 0.799. The van der Waals surface area contributed by atoms with Crippen molar-refractivity contribution in [1.82, 2.24) is 4.90 Å². The summed E-state index contributed by atoms with van der Waals surface area (Å²) >= 11 is 0. The van der Waals surface area contributed by atoms with Crippen LogP contribution in [0.25, 0.3) is 0 Å². The first-order valence-corrected chi connectivity index (χ1v) is 7.45. The van der Waals surface area contributed by atoms with E-state index in [9.17, 15) is 13.2 Å². The van der Waals surface area contributed by atoms with Crippen LogP contribution >= 0.6 is 0 Å². The van der Waals surface area contributed by atoms with Crippen LogP contribution in [0.2, 0.25) is 0 Å². The van der Waals surface area contributed by atoms with E-state index in [2.05, 4.69) is 0 Å². The molecule has 0 aliphatic carbocycles. The molecular formula is C12H19N3O3S. The van der Waals surface area contributed by atoms with E-state index in [0.717, 1.165) is 4.31 Å². The Bertz CT molecular complexity index is 555. The molecule has 0 aliphatic rings. The molecule has 0 unspecified atom stereocenters. The number of carbonyl (C=O) groups is 1. The predicted molar refractivity (Wildman–Crippen MR) is 76.4 cm³/mol. The van der Waals surface area contributed by atoms with Crippen LogP contribution in [0.3, 0.4) is 0 Å². The van der Waals surface area contributed by atoms with Gasteiger partial charge in [-0.3, -0.25) is 9.10 Å². The predicted octanol–water partition coefficient (Wildman–Crippen LogP) is 0.513. The Labute approximate surface area is 113 Å². The molecule has 0 spiro atoms. The SMILES string of the molecule is CCS(=O)(=O)N(CC(=O)N(C)C)c1cccc(N)c1. The Kier molecular flexibility index (Phi) is 4.77. The third-order valence-corrected chi connectivity index (χ3v) is 4.38. The van der Waals surface area contributed by atoms with Crippen molar-refractivity contribution in [3.63, 3.8) is 0 Å². The average Bonchev–Trinajstić information content (AvgIpc) is 2.35. The molecule has 106 valence electrons. The van der Waals surface area contributed by atoms with Gasteiger partial charge < -0.3 is 10.6 Å². The number of nitrogen functional groups attached to an aromatic ring is 1. The van der Waals surface area contributed by atoms with E-state index < -0.39 is 10.0 Å². The second-order valence-corrected chi connectivity index (χ2v) is 6.47. The maximum Gasteiger partial charge on any atom is 0.242 e. The minimum Gasteiger partial charge on any atom is -0.399 e. The number of hydrogen-bond acceptors (Lipinski definition) is 4. The number of likely N-dealkylation sites (N-methyl/N-ethyl adjacent to an activating group) is 1. The third-order valence-electron chi connectivity index (χ3n) is 2.64. The van der Waals surface area contributed by atoms with E-state index >= 15 is 0 Å². The number of sulfonamides is 1. The first-order chi connectivity index (χ1) is 8.77. The molecule has 0 saturated carbocycles. The fraction of sp³-hybridized carbons (Fsp3) is 0.417. The Hall–Kier alpha value is -1.76. The number of benzene rings is 1. The summed E-state index contributed by atoms with van der Waals surface area (Å²) in [5, 5.41) is 0. The number of nitrogens with two attached hydrogens (primary N) is 1. The lowest BCUT2D eigenvalue weighted by Gasteiger charge is -2.25. The van der Waals surface area contributed by atoms with Gasteiger partial charge in [0.25, 0.3) is 0 Å². The standard InChI is InChI=1S/C12H19N3O3S/c1-4-19(17,18)15(9-12(16)14(2)3)11-7-5-6-10(13)8-11/h5-8H,4,9,13H2,1-3H3. The highest BCUT2D eigenvalue weighted by molar-refractivity contribution is 7.92. The molecule has 0 saturated heterocycles. The largest absolute Gasteiger partial charge is 0.399 e. The first kappa shape index (κ1) is 15.3. The van der Waals surface area contributed by atoms with Gasteiger partial charge in [-0.25, -0.2) is 8.42 Å². The average molecular weight is 285 g/mol. The molecule has 1 aromatic carbocycles. The molecule has 1 amide bonds.